The number of rotatable bonds is 5. The number of nitrogens with zero attached hydrogens (tertiary/aromatic N) is 3. The van der Waals surface area contributed by atoms with Crippen LogP contribution >= 0.6 is 0 Å². The minimum atomic E-state index is 0.417. The van der Waals surface area contributed by atoms with Crippen LogP contribution in [0.3, 0.4) is 0 Å². The summed E-state index contributed by atoms with van der Waals surface area (Å²) < 4.78 is 5.22. The lowest BCUT2D eigenvalue weighted by molar-refractivity contribution is 0.415. The molecule has 0 fully saturated rings. The lowest BCUT2D eigenvalue weighted by Gasteiger charge is -2.13. The zero-order valence-electron chi connectivity index (χ0n) is 14.8. The minimum absolute atomic E-state index is 0.417. The molecule has 0 amide bonds. The number of ether oxygens (including phenoxy) is 1. The van der Waals surface area contributed by atoms with Crippen LogP contribution in [0.25, 0.3) is 0 Å². The van der Waals surface area contributed by atoms with E-state index in [1.54, 1.807) is 13.3 Å². The fourth-order valence-corrected chi connectivity index (χ4v) is 2.75. The van der Waals surface area contributed by atoms with Crippen molar-refractivity contribution >= 4 is 23.1 Å². The summed E-state index contributed by atoms with van der Waals surface area (Å²) in [6.07, 6.45) is 1.61. The molecule has 0 aliphatic carbocycles. The van der Waals surface area contributed by atoms with Gasteiger partial charge in [0.2, 0.25) is 5.95 Å². The highest BCUT2D eigenvalue weighted by Gasteiger charge is 2.07. The van der Waals surface area contributed by atoms with Gasteiger partial charge < -0.3 is 15.4 Å². The van der Waals surface area contributed by atoms with Crippen LogP contribution < -0.4 is 15.4 Å². The van der Waals surface area contributed by atoms with Gasteiger partial charge in [0.1, 0.15) is 5.75 Å². The maximum atomic E-state index is 5.22. The van der Waals surface area contributed by atoms with Crippen molar-refractivity contribution < 1.29 is 4.74 Å². The maximum absolute atomic E-state index is 5.22. The van der Waals surface area contributed by atoms with E-state index in [9.17, 15) is 0 Å². The van der Waals surface area contributed by atoms with Gasteiger partial charge in [-0.1, -0.05) is 23.8 Å². The van der Waals surface area contributed by atoms with Gasteiger partial charge in [0.25, 0.3) is 0 Å². The van der Waals surface area contributed by atoms with Crippen LogP contribution in [0, 0.1) is 20.8 Å². The Morgan fingerprint density at radius 2 is 1.72 bits per heavy atom. The molecule has 6 nitrogen and oxygen atoms in total. The fourth-order valence-electron chi connectivity index (χ4n) is 2.75. The molecule has 0 spiro atoms. The first kappa shape index (κ1) is 16.7. The van der Waals surface area contributed by atoms with Crippen molar-refractivity contribution in [1.29, 1.82) is 0 Å². The molecule has 2 N–H and O–H groups in total. The van der Waals surface area contributed by atoms with Gasteiger partial charge in [-0.2, -0.15) is 10.1 Å². The molecule has 0 aliphatic rings. The summed E-state index contributed by atoms with van der Waals surface area (Å²) in [5, 5.41) is 14.5. The lowest BCUT2D eigenvalue weighted by atomic mass is 10.1. The van der Waals surface area contributed by atoms with Gasteiger partial charge in [-0.15, -0.1) is 5.10 Å². The van der Waals surface area contributed by atoms with Gasteiger partial charge in [-0.05, 0) is 44.0 Å². The number of nitrogens with one attached hydrogen (secondary N) is 2. The number of benzene rings is 2. The minimum Gasteiger partial charge on any atom is -0.497 e. The molecule has 6 heteroatoms. The van der Waals surface area contributed by atoms with Crippen LogP contribution in [0.1, 0.15) is 16.7 Å². The molecule has 1 heterocycles. The molecular weight excluding hydrogens is 314 g/mol. The van der Waals surface area contributed by atoms with Gasteiger partial charge in [0.05, 0.1) is 13.3 Å². The number of aromatic nitrogens is 3. The Bertz CT molecular complexity index is 871. The van der Waals surface area contributed by atoms with Crippen LogP contribution in [0.15, 0.2) is 42.6 Å². The summed E-state index contributed by atoms with van der Waals surface area (Å²) in [6.45, 7) is 6.24. The molecule has 128 valence electrons. The maximum Gasteiger partial charge on any atom is 0.249 e. The Morgan fingerprint density at radius 3 is 2.44 bits per heavy atom. The van der Waals surface area contributed by atoms with E-state index in [0.29, 0.717) is 11.8 Å². The van der Waals surface area contributed by atoms with Crippen LogP contribution in [0.2, 0.25) is 0 Å². The molecule has 0 saturated carbocycles. The van der Waals surface area contributed by atoms with E-state index < -0.39 is 0 Å². The number of aryl methyl sites for hydroxylation is 3. The molecule has 3 aromatic rings. The van der Waals surface area contributed by atoms with Crippen molar-refractivity contribution in [3.05, 3.63) is 59.3 Å². The molecule has 0 unspecified atom stereocenters. The number of anilines is 4. The third-order valence-electron chi connectivity index (χ3n) is 3.81. The summed E-state index contributed by atoms with van der Waals surface area (Å²) in [5.74, 6) is 1.81. The zero-order valence-corrected chi connectivity index (χ0v) is 14.8. The average molecular weight is 335 g/mol. The largest absolute Gasteiger partial charge is 0.497 e. The second-order valence-electron chi connectivity index (χ2n) is 5.92. The van der Waals surface area contributed by atoms with Gasteiger partial charge in [-0.25, -0.2) is 0 Å². The summed E-state index contributed by atoms with van der Waals surface area (Å²) >= 11 is 0. The van der Waals surface area contributed by atoms with Crippen LogP contribution in [-0.4, -0.2) is 22.3 Å². The van der Waals surface area contributed by atoms with Crippen LogP contribution in [-0.2, 0) is 0 Å². The highest BCUT2D eigenvalue weighted by Crippen LogP contribution is 2.25. The van der Waals surface area contributed by atoms with Gasteiger partial charge in [-0.3, -0.25) is 0 Å². The highest BCUT2D eigenvalue weighted by molar-refractivity contribution is 5.66. The predicted octanol–water partition coefficient (Wildman–Crippen LogP) is 4.29. The first-order valence-electron chi connectivity index (χ1n) is 8.01. The van der Waals surface area contributed by atoms with Crippen molar-refractivity contribution in [2.75, 3.05) is 17.7 Å². The first-order valence-corrected chi connectivity index (χ1v) is 8.01. The summed E-state index contributed by atoms with van der Waals surface area (Å²) in [5.41, 5.74) is 5.44. The molecule has 25 heavy (non-hydrogen) atoms. The van der Waals surface area contributed by atoms with E-state index in [4.69, 9.17) is 4.74 Å². The summed E-state index contributed by atoms with van der Waals surface area (Å²) in [4.78, 5) is 4.49. The SMILES string of the molecule is COc1cccc(Nc2nncc(Nc3c(C)cc(C)cc3C)n2)c1. The normalized spacial score (nSPS) is 10.4. The van der Waals surface area contributed by atoms with E-state index in [1.807, 2.05) is 24.3 Å². The van der Waals surface area contributed by atoms with E-state index >= 15 is 0 Å². The van der Waals surface area contributed by atoms with Crippen molar-refractivity contribution in [2.24, 2.45) is 0 Å². The van der Waals surface area contributed by atoms with Crippen molar-refractivity contribution in [3.8, 4) is 5.75 Å². The Hall–Kier alpha value is -3.15. The van der Waals surface area contributed by atoms with Crippen molar-refractivity contribution in [3.63, 3.8) is 0 Å². The van der Waals surface area contributed by atoms with Gasteiger partial charge in [0, 0.05) is 17.4 Å². The molecule has 3 rings (SSSR count). The summed E-state index contributed by atoms with van der Waals surface area (Å²) in [6, 6.07) is 11.8. The third kappa shape index (κ3) is 4.03. The highest BCUT2D eigenvalue weighted by atomic mass is 16.5. The number of methoxy groups -OCH3 is 1. The van der Waals surface area contributed by atoms with Crippen molar-refractivity contribution in [2.45, 2.75) is 20.8 Å². The van der Waals surface area contributed by atoms with Crippen LogP contribution in [0.4, 0.5) is 23.1 Å². The Balaban J connectivity index is 1.82. The zero-order chi connectivity index (χ0) is 17.8. The smallest absolute Gasteiger partial charge is 0.249 e. The molecule has 0 aliphatic heterocycles. The Morgan fingerprint density at radius 1 is 0.960 bits per heavy atom. The van der Waals surface area contributed by atoms with E-state index in [2.05, 4.69) is 58.7 Å². The van der Waals surface area contributed by atoms with E-state index in [1.165, 1.54) is 16.7 Å². The molecule has 2 aromatic carbocycles. The molecule has 0 radical (unpaired) electrons. The Labute approximate surface area is 147 Å². The molecule has 0 saturated heterocycles. The fraction of sp³-hybridized carbons (Fsp3) is 0.211. The van der Waals surface area contributed by atoms with E-state index in [-0.39, 0.29) is 0 Å². The topological polar surface area (TPSA) is 72.0 Å². The number of hydrogen-bond donors (Lipinski definition) is 2. The summed E-state index contributed by atoms with van der Waals surface area (Å²) in [7, 11) is 1.63. The third-order valence-corrected chi connectivity index (χ3v) is 3.81. The second kappa shape index (κ2) is 7.17. The van der Waals surface area contributed by atoms with Gasteiger partial charge >= 0.3 is 0 Å². The quantitative estimate of drug-likeness (QED) is 0.724. The van der Waals surface area contributed by atoms with Crippen molar-refractivity contribution in [1.82, 2.24) is 15.2 Å². The second-order valence-corrected chi connectivity index (χ2v) is 5.92. The predicted molar refractivity (Wildman–Crippen MR) is 100 cm³/mol. The number of hydrogen-bond acceptors (Lipinski definition) is 6. The molecular formula is C19H21N5O. The first-order chi connectivity index (χ1) is 12.0. The molecule has 1 aromatic heterocycles. The standard InChI is InChI=1S/C19H21N5O/c1-12-8-13(2)18(14(3)9-12)22-17-11-20-24-19(23-17)21-15-6-5-7-16(10-15)25-4/h5-11H,1-4H3,(H2,21,22,23,24). The average Bonchev–Trinajstić information content (AvgIpc) is 2.58. The monoisotopic (exact) mass is 335 g/mol. The van der Waals surface area contributed by atoms with Gasteiger partial charge in [0.15, 0.2) is 5.82 Å². The Kier molecular flexibility index (Phi) is 4.79. The molecule has 0 atom stereocenters. The molecule has 0 bridgehead atoms. The van der Waals surface area contributed by atoms with Crippen LogP contribution in [0.5, 0.6) is 5.75 Å². The lowest BCUT2D eigenvalue weighted by Crippen LogP contribution is -2.04. The van der Waals surface area contributed by atoms with E-state index in [0.717, 1.165) is 17.1 Å².